The summed E-state index contributed by atoms with van der Waals surface area (Å²) in [6.07, 6.45) is 3.21. The second-order valence-corrected chi connectivity index (χ2v) is 6.85. The van der Waals surface area contributed by atoms with Gasteiger partial charge in [-0.1, -0.05) is 0 Å². The Labute approximate surface area is 155 Å². The molecule has 0 saturated carbocycles. The van der Waals surface area contributed by atoms with Crippen LogP contribution in [0.4, 0.5) is 5.69 Å². The zero-order chi connectivity index (χ0) is 19.6. The summed E-state index contributed by atoms with van der Waals surface area (Å²) in [5.74, 6) is -0.118. The molecular formula is C19H18N4O4. The number of non-ortho nitro benzene ring substituents is 1. The van der Waals surface area contributed by atoms with Crippen LogP contribution in [-0.2, 0) is 4.74 Å². The number of nitrogens with one attached hydrogen (secondary N) is 1. The highest BCUT2D eigenvalue weighted by Gasteiger charge is 2.25. The molecule has 0 aliphatic heterocycles. The van der Waals surface area contributed by atoms with Gasteiger partial charge in [0.15, 0.2) is 5.69 Å². The molecule has 0 aliphatic carbocycles. The van der Waals surface area contributed by atoms with E-state index in [2.05, 4.69) is 15.0 Å². The third-order valence-corrected chi connectivity index (χ3v) is 3.61. The van der Waals surface area contributed by atoms with Crippen LogP contribution in [0, 0.1) is 10.1 Å². The highest BCUT2D eigenvalue weighted by Crippen LogP contribution is 2.28. The Morgan fingerprint density at radius 3 is 2.26 bits per heavy atom. The van der Waals surface area contributed by atoms with Crippen molar-refractivity contribution in [3.05, 3.63) is 64.6 Å². The monoisotopic (exact) mass is 366 g/mol. The number of nitrogens with zero attached hydrogens (tertiary/aromatic N) is 3. The summed E-state index contributed by atoms with van der Waals surface area (Å²) in [5, 5.41) is 10.8. The quantitative estimate of drug-likeness (QED) is 0.424. The van der Waals surface area contributed by atoms with E-state index in [4.69, 9.17) is 4.74 Å². The van der Waals surface area contributed by atoms with Gasteiger partial charge < -0.3 is 9.72 Å². The number of pyridine rings is 1. The first-order chi connectivity index (χ1) is 12.7. The average molecular weight is 366 g/mol. The number of aromatic amines is 1. The molecule has 3 rings (SSSR count). The summed E-state index contributed by atoms with van der Waals surface area (Å²) in [6.45, 7) is 5.35. The van der Waals surface area contributed by atoms with Crippen LogP contribution >= 0.6 is 0 Å². The van der Waals surface area contributed by atoms with Gasteiger partial charge >= 0.3 is 5.97 Å². The summed E-state index contributed by atoms with van der Waals surface area (Å²) in [5.41, 5.74) is 1.28. The van der Waals surface area contributed by atoms with E-state index in [1.165, 1.54) is 12.1 Å². The molecule has 8 nitrogen and oxygen atoms in total. The van der Waals surface area contributed by atoms with Gasteiger partial charge in [-0.15, -0.1) is 0 Å². The molecule has 0 aliphatic rings. The molecule has 0 radical (unpaired) electrons. The van der Waals surface area contributed by atoms with E-state index in [1.807, 2.05) is 0 Å². The van der Waals surface area contributed by atoms with Crippen LogP contribution in [0.2, 0.25) is 0 Å². The zero-order valence-corrected chi connectivity index (χ0v) is 15.1. The number of imidazole rings is 1. The second kappa shape index (κ2) is 6.99. The summed E-state index contributed by atoms with van der Waals surface area (Å²) < 4.78 is 5.47. The molecule has 0 atom stereocenters. The summed E-state index contributed by atoms with van der Waals surface area (Å²) in [4.78, 5) is 34.5. The third-order valence-electron chi connectivity index (χ3n) is 3.61. The van der Waals surface area contributed by atoms with Crippen molar-refractivity contribution in [1.82, 2.24) is 15.0 Å². The van der Waals surface area contributed by atoms with Crippen molar-refractivity contribution < 1.29 is 14.5 Å². The Bertz CT molecular complexity index is 973. The number of carbonyl (C=O) groups excluding carboxylic acids is 1. The first-order valence-corrected chi connectivity index (χ1v) is 8.23. The maximum Gasteiger partial charge on any atom is 0.357 e. The fourth-order valence-electron chi connectivity index (χ4n) is 2.45. The number of esters is 1. The molecule has 0 amide bonds. The van der Waals surface area contributed by atoms with Gasteiger partial charge in [-0.25, -0.2) is 9.78 Å². The average Bonchev–Trinajstić information content (AvgIpc) is 3.07. The van der Waals surface area contributed by atoms with E-state index in [1.54, 1.807) is 57.4 Å². The Hall–Kier alpha value is -3.55. The van der Waals surface area contributed by atoms with Gasteiger partial charge in [-0.2, -0.15) is 0 Å². The highest BCUT2D eigenvalue weighted by atomic mass is 16.6. The molecule has 0 unspecified atom stereocenters. The third kappa shape index (κ3) is 4.17. The van der Waals surface area contributed by atoms with E-state index < -0.39 is 16.5 Å². The van der Waals surface area contributed by atoms with E-state index >= 15 is 0 Å². The summed E-state index contributed by atoms with van der Waals surface area (Å²) >= 11 is 0. The fourth-order valence-corrected chi connectivity index (χ4v) is 2.45. The minimum absolute atomic E-state index is 0.0213. The Morgan fingerprint density at radius 2 is 1.70 bits per heavy atom. The first-order valence-electron chi connectivity index (χ1n) is 8.23. The number of nitro benzene ring substituents is 1. The van der Waals surface area contributed by atoms with Gasteiger partial charge in [0.1, 0.15) is 17.1 Å². The number of aromatic nitrogens is 3. The lowest BCUT2D eigenvalue weighted by Crippen LogP contribution is -2.24. The first kappa shape index (κ1) is 18.2. The lowest BCUT2D eigenvalue weighted by atomic mass is 10.1. The van der Waals surface area contributed by atoms with Crippen molar-refractivity contribution in [3.63, 3.8) is 0 Å². The van der Waals surface area contributed by atoms with Crippen molar-refractivity contribution in [2.75, 3.05) is 0 Å². The van der Waals surface area contributed by atoms with Crippen LogP contribution in [-0.4, -0.2) is 31.4 Å². The summed E-state index contributed by atoms with van der Waals surface area (Å²) in [6, 6.07) is 9.40. The highest BCUT2D eigenvalue weighted by molar-refractivity contribution is 5.95. The van der Waals surface area contributed by atoms with Crippen molar-refractivity contribution in [1.29, 1.82) is 0 Å². The van der Waals surface area contributed by atoms with Gasteiger partial charge in [-0.05, 0) is 45.0 Å². The van der Waals surface area contributed by atoms with Crippen LogP contribution in [0.15, 0.2) is 48.8 Å². The normalized spacial score (nSPS) is 11.2. The Morgan fingerprint density at radius 1 is 1.07 bits per heavy atom. The van der Waals surface area contributed by atoms with Crippen LogP contribution in [0.25, 0.3) is 22.6 Å². The van der Waals surface area contributed by atoms with Crippen molar-refractivity contribution >= 4 is 11.7 Å². The van der Waals surface area contributed by atoms with Crippen LogP contribution in [0.3, 0.4) is 0 Å². The number of hydrogen-bond donors (Lipinski definition) is 1. The molecule has 0 saturated heterocycles. The number of benzene rings is 1. The molecule has 0 spiro atoms. The maximum absolute atomic E-state index is 12.6. The number of nitro groups is 1. The van der Waals surface area contributed by atoms with E-state index in [0.717, 1.165) is 0 Å². The SMILES string of the molecule is CC(C)(C)OC(=O)c1[nH]c(-c2ccc([N+](=O)[O-])cc2)nc1-c1ccncc1. The lowest BCUT2D eigenvalue weighted by molar-refractivity contribution is -0.384. The zero-order valence-electron chi connectivity index (χ0n) is 15.1. The van der Waals surface area contributed by atoms with Gasteiger partial charge in [0, 0.05) is 35.7 Å². The molecule has 0 bridgehead atoms. The number of carbonyl (C=O) groups is 1. The smallest absolute Gasteiger partial charge is 0.357 e. The van der Waals surface area contributed by atoms with Crippen molar-refractivity contribution in [2.45, 2.75) is 26.4 Å². The molecule has 0 fully saturated rings. The maximum atomic E-state index is 12.6. The Kier molecular flexibility index (Phi) is 4.72. The summed E-state index contributed by atoms with van der Waals surface area (Å²) in [7, 11) is 0. The van der Waals surface area contributed by atoms with Crippen LogP contribution < -0.4 is 0 Å². The fraction of sp³-hybridized carbons (Fsp3) is 0.211. The van der Waals surface area contributed by atoms with E-state index in [9.17, 15) is 14.9 Å². The number of ether oxygens (including phenoxy) is 1. The second-order valence-electron chi connectivity index (χ2n) is 6.85. The number of rotatable bonds is 4. The molecule has 138 valence electrons. The number of H-pyrrole nitrogens is 1. The van der Waals surface area contributed by atoms with Gasteiger partial charge in [-0.3, -0.25) is 15.1 Å². The van der Waals surface area contributed by atoms with Gasteiger partial charge in [0.25, 0.3) is 5.69 Å². The lowest BCUT2D eigenvalue weighted by Gasteiger charge is -2.19. The molecule has 2 aromatic heterocycles. The van der Waals surface area contributed by atoms with Crippen molar-refractivity contribution in [2.24, 2.45) is 0 Å². The van der Waals surface area contributed by atoms with Gasteiger partial charge in [0.2, 0.25) is 0 Å². The molecule has 8 heteroatoms. The van der Waals surface area contributed by atoms with Gasteiger partial charge in [0.05, 0.1) is 4.92 Å². The topological polar surface area (TPSA) is 111 Å². The molecule has 2 heterocycles. The van der Waals surface area contributed by atoms with Crippen molar-refractivity contribution in [3.8, 4) is 22.6 Å². The molecule has 27 heavy (non-hydrogen) atoms. The Balaban J connectivity index is 2.06. The van der Waals surface area contributed by atoms with E-state index in [0.29, 0.717) is 22.6 Å². The molecule has 1 aromatic carbocycles. The predicted molar refractivity (Wildman–Crippen MR) is 99.1 cm³/mol. The van der Waals surface area contributed by atoms with Crippen LogP contribution in [0.1, 0.15) is 31.3 Å². The standard InChI is InChI=1S/C19H18N4O4/c1-19(2,3)27-18(24)16-15(12-8-10-20-11-9-12)21-17(22-16)13-4-6-14(7-5-13)23(25)26/h4-11H,1-3H3,(H,21,22). The van der Waals surface area contributed by atoms with E-state index in [-0.39, 0.29) is 11.4 Å². The molecule has 1 N–H and O–H groups in total. The minimum atomic E-state index is -0.661. The number of hydrogen-bond acceptors (Lipinski definition) is 6. The molecule has 3 aromatic rings. The van der Waals surface area contributed by atoms with Crippen LogP contribution in [0.5, 0.6) is 0 Å². The minimum Gasteiger partial charge on any atom is -0.455 e. The predicted octanol–water partition coefficient (Wildman–Crippen LogP) is 4.00. The molecular weight excluding hydrogens is 348 g/mol. The largest absolute Gasteiger partial charge is 0.455 e.